The highest BCUT2D eigenvalue weighted by atomic mass is 15.2. The highest BCUT2D eigenvalue weighted by molar-refractivity contribution is 6.06. The standard InChI is InChI=1S/C18H16N4/c1-22-12-19-11-16-18(22)21-15-10-6-5-9-14(15)17(20-16)13-7-3-2-4-8-13/h2-12,17,20H,1H3. The minimum absolute atomic E-state index is 0.0617. The molecule has 4 rings (SSSR count). The van der Waals surface area contributed by atoms with Crippen LogP contribution in [0.25, 0.3) is 0 Å². The molecule has 0 radical (unpaired) electrons. The monoisotopic (exact) mass is 288 g/mol. The first-order valence-electron chi connectivity index (χ1n) is 7.29. The van der Waals surface area contributed by atoms with Crippen LogP contribution in [0, 0.1) is 0 Å². The molecule has 108 valence electrons. The van der Waals surface area contributed by atoms with Crippen LogP contribution in [-0.2, 0) is 0 Å². The van der Waals surface area contributed by atoms with E-state index < -0.39 is 0 Å². The summed E-state index contributed by atoms with van der Waals surface area (Å²) >= 11 is 0. The molecule has 0 saturated heterocycles. The normalized spacial score (nSPS) is 19.3. The van der Waals surface area contributed by atoms with Gasteiger partial charge >= 0.3 is 0 Å². The number of hydrogen-bond donors (Lipinski definition) is 1. The Morgan fingerprint density at radius 2 is 1.77 bits per heavy atom. The van der Waals surface area contributed by atoms with Gasteiger partial charge in [0.1, 0.15) is 0 Å². The molecule has 4 heteroatoms. The number of likely N-dealkylation sites (N-methyl/N-ethyl adjacent to an activating group) is 1. The molecule has 0 bridgehead atoms. The van der Waals surface area contributed by atoms with Gasteiger partial charge in [-0.2, -0.15) is 0 Å². The molecule has 2 aliphatic heterocycles. The highest BCUT2D eigenvalue weighted by Crippen LogP contribution is 2.34. The fourth-order valence-electron chi connectivity index (χ4n) is 2.84. The topological polar surface area (TPSA) is 40.0 Å². The summed E-state index contributed by atoms with van der Waals surface area (Å²) in [6.45, 7) is 0. The molecular weight excluding hydrogens is 272 g/mol. The Hall–Kier alpha value is -2.88. The van der Waals surface area contributed by atoms with Gasteiger partial charge in [-0.05, 0) is 11.6 Å². The van der Waals surface area contributed by atoms with E-state index in [1.54, 1.807) is 6.34 Å². The van der Waals surface area contributed by atoms with Crippen LogP contribution >= 0.6 is 0 Å². The van der Waals surface area contributed by atoms with Crippen molar-refractivity contribution in [3.63, 3.8) is 0 Å². The molecule has 1 N–H and O–H groups in total. The van der Waals surface area contributed by atoms with Crippen molar-refractivity contribution in [2.75, 3.05) is 7.05 Å². The van der Waals surface area contributed by atoms with Gasteiger partial charge in [-0.25, -0.2) is 9.98 Å². The summed E-state index contributed by atoms with van der Waals surface area (Å²) < 4.78 is 0. The lowest BCUT2D eigenvalue weighted by Crippen LogP contribution is -2.35. The number of rotatable bonds is 1. The second kappa shape index (κ2) is 5.15. The Morgan fingerprint density at radius 3 is 2.64 bits per heavy atom. The smallest absolute Gasteiger partial charge is 0.159 e. The van der Waals surface area contributed by atoms with Gasteiger partial charge in [-0.1, -0.05) is 48.5 Å². The van der Waals surface area contributed by atoms with Crippen LogP contribution in [0.15, 0.2) is 76.5 Å². The molecule has 4 nitrogen and oxygen atoms in total. The summed E-state index contributed by atoms with van der Waals surface area (Å²) in [5, 5.41) is 3.60. The zero-order chi connectivity index (χ0) is 14.9. The summed E-state index contributed by atoms with van der Waals surface area (Å²) in [5.41, 5.74) is 4.31. The third-order valence-corrected chi connectivity index (χ3v) is 3.93. The van der Waals surface area contributed by atoms with Crippen LogP contribution in [-0.4, -0.2) is 24.1 Å². The molecule has 0 fully saturated rings. The predicted molar refractivity (Wildman–Crippen MR) is 89.3 cm³/mol. The fourth-order valence-corrected chi connectivity index (χ4v) is 2.84. The largest absolute Gasteiger partial charge is 0.370 e. The molecule has 0 amide bonds. The van der Waals surface area contributed by atoms with E-state index in [1.165, 1.54) is 11.1 Å². The highest BCUT2D eigenvalue weighted by Gasteiger charge is 2.26. The summed E-state index contributed by atoms with van der Waals surface area (Å²) in [7, 11) is 1.96. The second-order valence-corrected chi connectivity index (χ2v) is 5.40. The van der Waals surface area contributed by atoms with Crippen molar-refractivity contribution in [1.82, 2.24) is 10.2 Å². The third kappa shape index (κ3) is 2.09. The quantitative estimate of drug-likeness (QED) is 0.875. The molecule has 0 spiro atoms. The first-order valence-corrected chi connectivity index (χ1v) is 7.29. The maximum atomic E-state index is 4.84. The second-order valence-electron chi connectivity index (χ2n) is 5.40. The van der Waals surface area contributed by atoms with Gasteiger partial charge in [0.25, 0.3) is 0 Å². The van der Waals surface area contributed by atoms with E-state index in [0.717, 1.165) is 17.2 Å². The van der Waals surface area contributed by atoms with Gasteiger partial charge < -0.3 is 10.2 Å². The lowest BCUT2D eigenvalue weighted by molar-refractivity contribution is 0.687. The lowest BCUT2D eigenvalue weighted by atomic mass is 9.97. The van der Waals surface area contributed by atoms with Crippen molar-refractivity contribution in [2.24, 2.45) is 9.98 Å². The Balaban J connectivity index is 1.89. The van der Waals surface area contributed by atoms with Crippen LogP contribution in [0.5, 0.6) is 0 Å². The summed E-state index contributed by atoms with van der Waals surface area (Å²) in [6, 6.07) is 18.8. The van der Waals surface area contributed by atoms with Crippen molar-refractivity contribution in [3.8, 4) is 0 Å². The van der Waals surface area contributed by atoms with E-state index in [1.807, 2.05) is 30.3 Å². The Kier molecular flexibility index (Phi) is 3.00. The minimum atomic E-state index is 0.0617. The molecule has 1 atom stereocenters. The molecule has 0 aromatic heterocycles. The van der Waals surface area contributed by atoms with Crippen molar-refractivity contribution in [1.29, 1.82) is 0 Å². The molecular formula is C18H16N4. The first kappa shape index (κ1) is 12.8. The predicted octanol–water partition coefficient (Wildman–Crippen LogP) is 3.22. The number of fused-ring (bicyclic) bond motifs is 2. The Morgan fingerprint density at radius 1 is 1.00 bits per heavy atom. The first-order chi connectivity index (χ1) is 10.8. The van der Waals surface area contributed by atoms with Gasteiger partial charge in [-0.15, -0.1) is 0 Å². The van der Waals surface area contributed by atoms with Crippen LogP contribution in [0.3, 0.4) is 0 Å². The average molecular weight is 288 g/mol. The van der Waals surface area contributed by atoms with Gasteiger partial charge in [0.2, 0.25) is 0 Å². The number of nitrogens with zero attached hydrogens (tertiary/aromatic N) is 3. The average Bonchev–Trinajstić information content (AvgIpc) is 2.74. The van der Waals surface area contributed by atoms with Gasteiger partial charge in [0.15, 0.2) is 5.84 Å². The van der Waals surface area contributed by atoms with E-state index in [9.17, 15) is 0 Å². The Bertz CT molecular complexity index is 790. The van der Waals surface area contributed by atoms with Crippen LogP contribution < -0.4 is 5.32 Å². The SMILES string of the molecule is CN1C=NC=C2NC(c3ccccc3)c3ccccc3N=C21. The number of para-hydroxylation sites is 1. The van der Waals surface area contributed by atoms with Gasteiger partial charge in [-0.3, -0.25) is 0 Å². The third-order valence-electron chi connectivity index (χ3n) is 3.93. The zero-order valence-corrected chi connectivity index (χ0v) is 12.3. The zero-order valence-electron chi connectivity index (χ0n) is 12.3. The molecule has 22 heavy (non-hydrogen) atoms. The van der Waals surface area contributed by atoms with Crippen molar-refractivity contribution in [2.45, 2.75) is 6.04 Å². The minimum Gasteiger partial charge on any atom is -0.370 e. The number of aliphatic imine (C=N–C) groups is 2. The molecule has 0 aliphatic carbocycles. The van der Waals surface area contributed by atoms with Crippen LogP contribution in [0.4, 0.5) is 5.69 Å². The number of nitrogens with one attached hydrogen (secondary N) is 1. The van der Waals surface area contributed by atoms with E-state index in [4.69, 9.17) is 4.99 Å². The summed E-state index contributed by atoms with van der Waals surface area (Å²) in [6.07, 6.45) is 3.61. The summed E-state index contributed by atoms with van der Waals surface area (Å²) in [4.78, 5) is 11.0. The van der Waals surface area contributed by atoms with Crippen molar-refractivity contribution < 1.29 is 0 Å². The van der Waals surface area contributed by atoms with Crippen LogP contribution in [0.2, 0.25) is 0 Å². The van der Waals surface area contributed by atoms with Crippen molar-refractivity contribution in [3.05, 3.63) is 77.6 Å². The fraction of sp³-hybridized carbons (Fsp3) is 0.111. The van der Waals surface area contributed by atoms with E-state index in [-0.39, 0.29) is 6.04 Å². The van der Waals surface area contributed by atoms with Gasteiger partial charge in [0.05, 0.1) is 30.0 Å². The number of hydrogen-bond acceptors (Lipinski definition) is 4. The lowest BCUT2D eigenvalue weighted by Gasteiger charge is -2.24. The van der Waals surface area contributed by atoms with E-state index >= 15 is 0 Å². The maximum Gasteiger partial charge on any atom is 0.159 e. The van der Waals surface area contributed by atoms with Gasteiger partial charge in [0, 0.05) is 12.6 Å². The van der Waals surface area contributed by atoms with E-state index in [2.05, 4.69) is 52.8 Å². The molecule has 2 aliphatic rings. The molecule has 2 heterocycles. The number of benzene rings is 2. The Labute approximate surface area is 129 Å². The number of amidine groups is 1. The molecule has 2 aromatic rings. The molecule has 1 unspecified atom stereocenters. The van der Waals surface area contributed by atoms with Crippen molar-refractivity contribution >= 4 is 17.9 Å². The van der Waals surface area contributed by atoms with Crippen LogP contribution in [0.1, 0.15) is 17.2 Å². The molecule has 0 saturated carbocycles. The maximum absolute atomic E-state index is 4.84. The summed E-state index contributed by atoms with van der Waals surface area (Å²) in [5.74, 6) is 0.890. The molecule has 2 aromatic carbocycles. The van der Waals surface area contributed by atoms with E-state index in [0.29, 0.717) is 0 Å².